The predicted molar refractivity (Wildman–Crippen MR) is 76.5 cm³/mol. The van der Waals surface area contributed by atoms with Crippen LogP contribution < -0.4 is 10.4 Å². The molecule has 0 aliphatic rings. The third kappa shape index (κ3) is 3.82. The summed E-state index contributed by atoms with van der Waals surface area (Å²) < 4.78 is 1.69. The summed E-state index contributed by atoms with van der Waals surface area (Å²) in [6, 6.07) is 7.18. The molecule has 0 unspecified atom stereocenters. The van der Waals surface area contributed by atoms with E-state index in [4.69, 9.17) is 0 Å². The maximum Gasteiger partial charge on any atom is 0.221 e. The monoisotopic (exact) mass is 305 g/mol. The molecule has 1 N–H and O–H groups in total. The van der Waals surface area contributed by atoms with E-state index in [1.54, 1.807) is 29.8 Å². The van der Waals surface area contributed by atoms with Crippen LogP contribution in [0.5, 0.6) is 0 Å². The van der Waals surface area contributed by atoms with Gasteiger partial charge in [0.15, 0.2) is 11.0 Å². The van der Waals surface area contributed by atoms with Crippen LogP contribution in [-0.4, -0.2) is 32.4 Å². The van der Waals surface area contributed by atoms with E-state index in [0.717, 1.165) is 17.3 Å². The molecule has 1 heterocycles. The molecule has 1 aromatic carbocycles. The number of hydrogen-bond acceptors (Lipinski definition) is 6. The lowest BCUT2D eigenvalue weighted by molar-refractivity contribution is -0.301. The van der Waals surface area contributed by atoms with E-state index in [1.165, 1.54) is 6.92 Å². The topological polar surface area (TPSA) is 99.9 Å². The lowest BCUT2D eigenvalue weighted by Crippen LogP contribution is -2.24. The van der Waals surface area contributed by atoms with E-state index in [2.05, 4.69) is 15.5 Å². The third-order valence-electron chi connectivity index (χ3n) is 2.60. The van der Waals surface area contributed by atoms with Crippen LogP contribution in [0.1, 0.15) is 6.92 Å². The van der Waals surface area contributed by atoms with Gasteiger partial charge >= 0.3 is 0 Å². The highest BCUT2D eigenvalue weighted by molar-refractivity contribution is 7.99. The summed E-state index contributed by atoms with van der Waals surface area (Å²) in [6.07, 6.45) is 0. The summed E-state index contributed by atoms with van der Waals surface area (Å²) in [7, 11) is 1.75. The Morgan fingerprint density at radius 1 is 1.38 bits per heavy atom. The van der Waals surface area contributed by atoms with Crippen molar-refractivity contribution < 1.29 is 14.7 Å². The lowest BCUT2D eigenvalue weighted by atomic mass is 10.2. The fourth-order valence-electron chi connectivity index (χ4n) is 1.75. The zero-order chi connectivity index (χ0) is 15.4. The van der Waals surface area contributed by atoms with Gasteiger partial charge in [-0.05, 0) is 12.1 Å². The van der Waals surface area contributed by atoms with Crippen LogP contribution in [0.25, 0.3) is 11.4 Å². The van der Waals surface area contributed by atoms with E-state index < -0.39 is 5.97 Å². The molecule has 0 saturated carbocycles. The van der Waals surface area contributed by atoms with Gasteiger partial charge in [0.05, 0.1) is 5.97 Å². The van der Waals surface area contributed by atoms with E-state index in [-0.39, 0.29) is 11.7 Å². The Kier molecular flexibility index (Phi) is 4.59. The van der Waals surface area contributed by atoms with Crippen LogP contribution in [0.3, 0.4) is 0 Å². The minimum Gasteiger partial charge on any atom is -0.549 e. The minimum absolute atomic E-state index is 0.157. The molecule has 0 fully saturated rings. The Hall–Kier alpha value is -2.35. The Labute approximate surface area is 125 Å². The number of carboxylic acid groups (broad SMARTS) is 1. The molecule has 1 aromatic heterocycles. The van der Waals surface area contributed by atoms with Crippen molar-refractivity contribution >= 4 is 29.3 Å². The fourth-order valence-corrected chi connectivity index (χ4v) is 2.38. The van der Waals surface area contributed by atoms with Gasteiger partial charge in [0, 0.05) is 31.0 Å². The molecule has 2 rings (SSSR count). The van der Waals surface area contributed by atoms with Gasteiger partial charge in [-0.2, -0.15) is 0 Å². The van der Waals surface area contributed by atoms with Crippen LogP contribution in [0.15, 0.2) is 29.4 Å². The normalized spacial score (nSPS) is 10.4. The minimum atomic E-state index is -1.16. The Bertz CT molecular complexity index is 684. The van der Waals surface area contributed by atoms with Crippen molar-refractivity contribution in [3.8, 4) is 11.4 Å². The number of nitrogens with one attached hydrogen (secondary N) is 1. The highest BCUT2D eigenvalue weighted by atomic mass is 32.2. The van der Waals surface area contributed by atoms with Gasteiger partial charge in [0.1, 0.15) is 0 Å². The van der Waals surface area contributed by atoms with Crippen molar-refractivity contribution in [2.24, 2.45) is 7.05 Å². The lowest BCUT2D eigenvalue weighted by Gasteiger charge is -2.06. The van der Waals surface area contributed by atoms with Gasteiger partial charge in [-0.25, -0.2) is 0 Å². The van der Waals surface area contributed by atoms with Crippen LogP contribution in [-0.2, 0) is 16.6 Å². The third-order valence-corrected chi connectivity index (χ3v) is 3.59. The van der Waals surface area contributed by atoms with Gasteiger partial charge < -0.3 is 19.8 Å². The van der Waals surface area contributed by atoms with Gasteiger partial charge in [-0.3, -0.25) is 4.79 Å². The van der Waals surface area contributed by atoms with Crippen molar-refractivity contribution in [3.05, 3.63) is 24.3 Å². The first-order valence-corrected chi connectivity index (χ1v) is 7.06. The first-order valence-electron chi connectivity index (χ1n) is 6.07. The van der Waals surface area contributed by atoms with Crippen molar-refractivity contribution in [1.29, 1.82) is 0 Å². The second-order valence-electron chi connectivity index (χ2n) is 4.29. The molecule has 0 radical (unpaired) electrons. The summed E-state index contributed by atoms with van der Waals surface area (Å²) in [5, 5.41) is 21.7. The van der Waals surface area contributed by atoms with Crippen LogP contribution >= 0.6 is 11.8 Å². The summed E-state index contributed by atoms with van der Waals surface area (Å²) in [5.41, 5.74) is 1.43. The highest BCUT2D eigenvalue weighted by Gasteiger charge is 2.11. The average Bonchev–Trinajstić information content (AvgIpc) is 2.77. The number of amides is 1. The number of carbonyl (C=O) groups excluding carboxylic acids is 2. The molecular weight excluding hydrogens is 292 g/mol. The largest absolute Gasteiger partial charge is 0.549 e. The number of carbonyl (C=O) groups is 2. The van der Waals surface area contributed by atoms with E-state index in [1.807, 2.05) is 6.07 Å². The number of nitrogens with zero attached hydrogens (tertiary/aromatic N) is 3. The zero-order valence-corrected chi connectivity index (χ0v) is 12.3. The quantitative estimate of drug-likeness (QED) is 0.797. The van der Waals surface area contributed by atoms with E-state index in [9.17, 15) is 14.7 Å². The predicted octanol–water partition coefficient (Wildman–Crippen LogP) is 0.282. The first-order chi connectivity index (χ1) is 9.97. The Balaban J connectivity index is 2.26. The van der Waals surface area contributed by atoms with Crippen molar-refractivity contribution in [1.82, 2.24) is 14.8 Å². The molecule has 21 heavy (non-hydrogen) atoms. The molecule has 0 atom stereocenters. The number of carboxylic acids is 1. The molecule has 0 aliphatic heterocycles. The number of thioether (sulfide) groups is 1. The molecule has 7 nitrogen and oxygen atoms in total. The molecule has 1 amide bonds. The molecular formula is C13H13N4O3S-. The van der Waals surface area contributed by atoms with E-state index in [0.29, 0.717) is 16.7 Å². The number of benzene rings is 1. The molecule has 2 aromatic rings. The molecule has 0 saturated heterocycles. The molecule has 110 valence electrons. The SMILES string of the molecule is CC(=O)Nc1cccc(-c2nnc(SCC(=O)[O-])n2C)c1. The summed E-state index contributed by atoms with van der Waals surface area (Å²) in [5.74, 6) is -0.909. The molecule has 0 bridgehead atoms. The molecule has 0 aliphatic carbocycles. The standard InChI is InChI=1S/C13H14N4O3S/c1-8(18)14-10-5-3-4-9(6-10)12-15-16-13(17(12)2)21-7-11(19)20/h3-6H,7H2,1-2H3,(H,14,18)(H,19,20)/p-1. The molecule has 8 heteroatoms. The van der Waals surface area contributed by atoms with Crippen LogP contribution in [0, 0.1) is 0 Å². The van der Waals surface area contributed by atoms with Gasteiger partial charge in [0.25, 0.3) is 0 Å². The highest BCUT2D eigenvalue weighted by Crippen LogP contribution is 2.24. The smallest absolute Gasteiger partial charge is 0.221 e. The maximum absolute atomic E-state index is 11.1. The summed E-state index contributed by atoms with van der Waals surface area (Å²) in [4.78, 5) is 21.6. The second-order valence-corrected chi connectivity index (χ2v) is 5.23. The molecule has 0 spiro atoms. The van der Waals surface area contributed by atoms with Gasteiger partial charge in [-0.1, -0.05) is 23.9 Å². The van der Waals surface area contributed by atoms with Crippen LogP contribution in [0.4, 0.5) is 5.69 Å². The number of anilines is 1. The summed E-state index contributed by atoms with van der Waals surface area (Å²) >= 11 is 1.04. The Morgan fingerprint density at radius 3 is 2.81 bits per heavy atom. The zero-order valence-electron chi connectivity index (χ0n) is 11.5. The van der Waals surface area contributed by atoms with E-state index >= 15 is 0 Å². The number of hydrogen-bond donors (Lipinski definition) is 1. The Morgan fingerprint density at radius 2 is 2.14 bits per heavy atom. The number of aromatic nitrogens is 3. The maximum atomic E-state index is 11.1. The number of rotatable bonds is 5. The number of aliphatic carboxylic acids is 1. The van der Waals surface area contributed by atoms with Crippen molar-refractivity contribution in [2.45, 2.75) is 12.1 Å². The first kappa shape index (κ1) is 15.0. The second kappa shape index (κ2) is 6.40. The van der Waals surface area contributed by atoms with Crippen molar-refractivity contribution in [3.63, 3.8) is 0 Å². The summed E-state index contributed by atoms with van der Waals surface area (Å²) in [6.45, 7) is 1.43. The van der Waals surface area contributed by atoms with Gasteiger partial charge in [-0.15, -0.1) is 10.2 Å². The van der Waals surface area contributed by atoms with Gasteiger partial charge in [0.2, 0.25) is 5.91 Å². The fraction of sp³-hybridized carbons (Fsp3) is 0.231. The van der Waals surface area contributed by atoms with Crippen molar-refractivity contribution in [2.75, 3.05) is 11.1 Å². The average molecular weight is 305 g/mol. The van der Waals surface area contributed by atoms with Crippen LogP contribution in [0.2, 0.25) is 0 Å².